The molecule has 0 aliphatic rings. The molecule has 142 valence electrons. The summed E-state index contributed by atoms with van der Waals surface area (Å²) in [4.78, 5) is 4.28. The highest BCUT2D eigenvalue weighted by molar-refractivity contribution is 7.92. The van der Waals surface area contributed by atoms with Gasteiger partial charge < -0.3 is 0 Å². The number of aryl methyl sites for hydroxylation is 1. The maximum atomic E-state index is 14.0. The van der Waals surface area contributed by atoms with Crippen LogP contribution in [0.3, 0.4) is 0 Å². The molecule has 0 aliphatic heterocycles. The van der Waals surface area contributed by atoms with E-state index in [-0.39, 0.29) is 16.3 Å². The van der Waals surface area contributed by atoms with Crippen LogP contribution in [-0.2, 0) is 10.0 Å². The van der Waals surface area contributed by atoms with Crippen LogP contribution < -0.4 is 4.72 Å². The first kappa shape index (κ1) is 18.2. The van der Waals surface area contributed by atoms with E-state index < -0.39 is 15.8 Å². The van der Waals surface area contributed by atoms with Gasteiger partial charge in [0.15, 0.2) is 0 Å². The van der Waals surface area contributed by atoms with E-state index in [4.69, 9.17) is 0 Å². The van der Waals surface area contributed by atoms with Gasteiger partial charge in [-0.3, -0.25) is 4.72 Å². The lowest BCUT2D eigenvalue weighted by molar-refractivity contribution is 0.600. The molecule has 4 aromatic rings. The molecule has 0 fully saturated rings. The van der Waals surface area contributed by atoms with Gasteiger partial charge in [-0.05, 0) is 42.5 Å². The van der Waals surface area contributed by atoms with Crippen molar-refractivity contribution in [2.45, 2.75) is 11.8 Å². The first-order valence-corrected chi connectivity index (χ1v) is 10.4. The molecule has 2 N–H and O–H groups in total. The number of anilines is 1. The van der Waals surface area contributed by atoms with Crippen LogP contribution in [0.5, 0.6) is 0 Å². The van der Waals surface area contributed by atoms with E-state index >= 15 is 0 Å². The zero-order chi connectivity index (χ0) is 19.7. The monoisotopic (exact) mass is 416 g/mol. The number of hydrogen-bond donors (Lipinski definition) is 2. The number of benzene rings is 2. The summed E-state index contributed by atoms with van der Waals surface area (Å²) in [6.45, 7) is 1.90. The maximum Gasteiger partial charge on any atom is 0.261 e. The SMILES string of the molecule is Cc1nc(-c2cccc(NS(=O)(=O)c3ccc(F)c(-c4nn[nH]n4)c3)c2)cs1. The Hall–Kier alpha value is -3.18. The van der Waals surface area contributed by atoms with Crippen molar-refractivity contribution in [1.29, 1.82) is 0 Å². The van der Waals surface area contributed by atoms with Gasteiger partial charge in [0.25, 0.3) is 10.0 Å². The van der Waals surface area contributed by atoms with Crippen LogP contribution >= 0.6 is 11.3 Å². The van der Waals surface area contributed by atoms with Gasteiger partial charge in [-0.2, -0.15) is 5.21 Å². The Balaban J connectivity index is 1.66. The quantitative estimate of drug-likeness (QED) is 0.516. The first-order valence-electron chi connectivity index (χ1n) is 8.01. The highest BCUT2D eigenvalue weighted by Crippen LogP contribution is 2.27. The summed E-state index contributed by atoms with van der Waals surface area (Å²) in [5.41, 5.74) is 1.86. The number of hydrogen-bond acceptors (Lipinski definition) is 7. The van der Waals surface area contributed by atoms with Gasteiger partial charge in [-0.25, -0.2) is 17.8 Å². The number of H-pyrrole nitrogens is 1. The minimum atomic E-state index is -3.96. The third-order valence-electron chi connectivity index (χ3n) is 3.86. The molecule has 0 spiro atoms. The minimum absolute atomic E-state index is 0.0320. The van der Waals surface area contributed by atoms with E-state index in [0.29, 0.717) is 5.69 Å². The molecule has 8 nitrogen and oxygen atoms in total. The second kappa shape index (κ2) is 7.09. The summed E-state index contributed by atoms with van der Waals surface area (Å²) >= 11 is 1.51. The average molecular weight is 416 g/mol. The van der Waals surface area contributed by atoms with Crippen molar-refractivity contribution >= 4 is 27.0 Å². The highest BCUT2D eigenvalue weighted by Gasteiger charge is 2.19. The molecule has 11 heteroatoms. The van der Waals surface area contributed by atoms with Gasteiger partial charge in [-0.15, -0.1) is 21.5 Å². The van der Waals surface area contributed by atoms with Crippen LogP contribution in [0.25, 0.3) is 22.6 Å². The fourth-order valence-corrected chi connectivity index (χ4v) is 4.27. The lowest BCUT2D eigenvalue weighted by Crippen LogP contribution is -2.13. The van der Waals surface area contributed by atoms with Crippen LogP contribution in [0.2, 0.25) is 0 Å². The van der Waals surface area contributed by atoms with Gasteiger partial charge in [0, 0.05) is 16.6 Å². The lowest BCUT2D eigenvalue weighted by Gasteiger charge is -2.10. The number of aromatic amines is 1. The Bertz CT molecular complexity index is 1240. The average Bonchev–Trinajstić information content (AvgIpc) is 3.33. The fourth-order valence-electron chi connectivity index (χ4n) is 2.57. The third-order valence-corrected chi connectivity index (χ3v) is 6.02. The molecule has 0 unspecified atom stereocenters. The molecule has 0 amide bonds. The highest BCUT2D eigenvalue weighted by atomic mass is 32.2. The van der Waals surface area contributed by atoms with Gasteiger partial charge >= 0.3 is 0 Å². The topological polar surface area (TPSA) is 114 Å². The number of nitrogens with one attached hydrogen (secondary N) is 2. The Morgan fingerprint density at radius 3 is 2.75 bits per heavy atom. The molecule has 2 heterocycles. The number of aromatic nitrogens is 5. The van der Waals surface area contributed by atoms with Gasteiger partial charge in [-0.1, -0.05) is 12.1 Å². The van der Waals surface area contributed by atoms with E-state index in [0.717, 1.165) is 28.4 Å². The fraction of sp³-hybridized carbons (Fsp3) is 0.0588. The molecule has 0 radical (unpaired) electrons. The number of halogens is 1. The van der Waals surface area contributed by atoms with Crippen LogP contribution in [0.1, 0.15) is 5.01 Å². The number of nitrogens with zero attached hydrogens (tertiary/aromatic N) is 4. The number of rotatable bonds is 5. The van der Waals surface area contributed by atoms with Crippen molar-refractivity contribution in [3.63, 3.8) is 0 Å². The van der Waals surface area contributed by atoms with Crippen molar-refractivity contribution in [3.8, 4) is 22.6 Å². The van der Waals surface area contributed by atoms with Gasteiger partial charge in [0.2, 0.25) is 5.82 Å². The Morgan fingerprint density at radius 2 is 2.04 bits per heavy atom. The van der Waals surface area contributed by atoms with Crippen LogP contribution in [0.4, 0.5) is 10.1 Å². The second-order valence-corrected chi connectivity index (χ2v) is 8.56. The standard InChI is InChI=1S/C17H13FN6O2S2/c1-10-19-16(9-27-10)11-3-2-4-12(7-11)22-28(25,26)13-5-6-15(18)14(8-13)17-20-23-24-21-17/h2-9,22H,1H3,(H,20,21,23,24). The molecule has 0 aliphatic carbocycles. The van der Waals surface area contributed by atoms with Crippen molar-refractivity contribution in [1.82, 2.24) is 25.6 Å². The van der Waals surface area contributed by atoms with E-state index in [1.807, 2.05) is 18.4 Å². The summed E-state index contributed by atoms with van der Waals surface area (Å²) in [7, 11) is -3.96. The minimum Gasteiger partial charge on any atom is -0.280 e. The molecule has 0 saturated heterocycles. The van der Waals surface area contributed by atoms with Gasteiger partial charge in [0.05, 0.1) is 21.2 Å². The van der Waals surface area contributed by atoms with Crippen LogP contribution in [0.15, 0.2) is 52.7 Å². The molecule has 0 saturated carbocycles. The predicted molar refractivity (Wildman–Crippen MR) is 103 cm³/mol. The Kier molecular flexibility index (Phi) is 4.61. The first-order chi connectivity index (χ1) is 13.4. The van der Waals surface area contributed by atoms with Crippen molar-refractivity contribution < 1.29 is 12.8 Å². The molecule has 2 aromatic heterocycles. The lowest BCUT2D eigenvalue weighted by atomic mass is 10.1. The normalized spacial score (nSPS) is 11.5. The third kappa shape index (κ3) is 3.62. The van der Waals surface area contributed by atoms with E-state index in [1.165, 1.54) is 17.4 Å². The molecule has 28 heavy (non-hydrogen) atoms. The molecular formula is C17H13FN6O2S2. The Labute approximate surface area is 163 Å². The summed E-state index contributed by atoms with van der Waals surface area (Å²) in [5, 5.41) is 15.8. The van der Waals surface area contributed by atoms with Crippen LogP contribution in [0, 0.1) is 12.7 Å². The second-order valence-electron chi connectivity index (χ2n) is 5.82. The largest absolute Gasteiger partial charge is 0.280 e. The van der Waals surface area contributed by atoms with Crippen molar-refractivity contribution in [2.75, 3.05) is 4.72 Å². The molecule has 2 aromatic carbocycles. The van der Waals surface area contributed by atoms with Gasteiger partial charge in [0.1, 0.15) is 5.82 Å². The van der Waals surface area contributed by atoms with E-state index in [9.17, 15) is 12.8 Å². The summed E-state index contributed by atoms with van der Waals surface area (Å²) < 4.78 is 42.1. The number of thiazole rings is 1. The van der Waals surface area contributed by atoms with Crippen LogP contribution in [-0.4, -0.2) is 34.0 Å². The molecule has 0 atom stereocenters. The Morgan fingerprint density at radius 1 is 1.18 bits per heavy atom. The maximum absolute atomic E-state index is 14.0. The molecular weight excluding hydrogens is 403 g/mol. The van der Waals surface area contributed by atoms with E-state index in [1.54, 1.807) is 18.2 Å². The van der Waals surface area contributed by atoms with Crippen molar-refractivity contribution in [3.05, 3.63) is 58.7 Å². The summed E-state index contributed by atoms with van der Waals surface area (Å²) in [5.74, 6) is -0.684. The summed E-state index contributed by atoms with van der Waals surface area (Å²) in [6, 6.07) is 10.3. The zero-order valence-electron chi connectivity index (χ0n) is 14.4. The van der Waals surface area contributed by atoms with E-state index in [2.05, 4.69) is 30.3 Å². The number of tetrazole rings is 1. The van der Waals surface area contributed by atoms with Crippen molar-refractivity contribution in [2.24, 2.45) is 0 Å². The predicted octanol–water partition coefficient (Wildman–Crippen LogP) is 3.24. The smallest absolute Gasteiger partial charge is 0.261 e. The number of sulfonamides is 1. The molecule has 4 rings (SSSR count). The summed E-state index contributed by atoms with van der Waals surface area (Å²) in [6.07, 6.45) is 0. The zero-order valence-corrected chi connectivity index (χ0v) is 16.1. The molecule has 0 bridgehead atoms.